The number of hydrogen-bond acceptors (Lipinski definition) is 1. The standard InChI is InChI=1S/C13H14OS/c14-13(12-7-3-1-4-8-12)11-15-9-5-2-6-10-15/h1-5,7-8,11H,6,9-10H2/p+1/b13-11-. The highest BCUT2D eigenvalue weighted by molar-refractivity contribution is 7.99. The first kappa shape index (κ1) is 10.4. The molecule has 15 heavy (non-hydrogen) atoms. The van der Waals surface area contributed by atoms with Gasteiger partial charge in [0.25, 0.3) is 0 Å². The molecule has 0 bridgehead atoms. The van der Waals surface area contributed by atoms with Gasteiger partial charge in [0.15, 0.2) is 11.2 Å². The van der Waals surface area contributed by atoms with E-state index in [4.69, 9.17) is 0 Å². The van der Waals surface area contributed by atoms with Crippen LogP contribution in [0.2, 0.25) is 0 Å². The predicted octanol–water partition coefficient (Wildman–Crippen LogP) is 3.12. The highest BCUT2D eigenvalue weighted by Gasteiger charge is 2.17. The fraction of sp³-hybridized carbons (Fsp3) is 0.231. The van der Waals surface area contributed by atoms with E-state index in [-0.39, 0.29) is 10.9 Å². The average Bonchev–Trinajstić information content (AvgIpc) is 2.31. The largest absolute Gasteiger partial charge is 0.503 e. The Kier molecular flexibility index (Phi) is 3.51. The molecular formula is C13H15OS+. The van der Waals surface area contributed by atoms with Crippen molar-refractivity contribution in [3.8, 4) is 0 Å². The van der Waals surface area contributed by atoms with E-state index in [1.807, 2.05) is 35.7 Å². The van der Waals surface area contributed by atoms with Crippen LogP contribution in [0.15, 0.2) is 47.9 Å². The minimum absolute atomic E-state index is 0.226. The molecule has 0 spiro atoms. The third kappa shape index (κ3) is 2.90. The van der Waals surface area contributed by atoms with E-state index in [1.165, 1.54) is 5.75 Å². The van der Waals surface area contributed by atoms with E-state index in [0.717, 1.165) is 17.7 Å². The fourth-order valence-electron chi connectivity index (χ4n) is 1.55. The Bertz CT molecular complexity index is 367. The maximum Gasteiger partial charge on any atom is 0.170 e. The second-order valence-corrected chi connectivity index (χ2v) is 5.59. The summed E-state index contributed by atoms with van der Waals surface area (Å²) < 4.78 is 0. The molecule has 0 aliphatic carbocycles. The number of aliphatic hydroxyl groups excluding tert-OH is 1. The van der Waals surface area contributed by atoms with Crippen molar-refractivity contribution in [3.05, 3.63) is 53.5 Å². The van der Waals surface area contributed by atoms with Crippen LogP contribution in [-0.2, 0) is 10.9 Å². The molecule has 0 saturated heterocycles. The van der Waals surface area contributed by atoms with Gasteiger partial charge in [-0.2, -0.15) is 0 Å². The number of allylic oxidation sites excluding steroid dienone is 1. The summed E-state index contributed by atoms with van der Waals surface area (Å²) in [4.78, 5) is 0. The normalized spacial score (nSPS) is 21.6. The van der Waals surface area contributed by atoms with Crippen molar-refractivity contribution in [2.45, 2.75) is 6.42 Å². The molecule has 1 aliphatic rings. The lowest BCUT2D eigenvalue weighted by atomic mass is 10.2. The Morgan fingerprint density at radius 1 is 1.20 bits per heavy atom. The maximum absolute atomic E-state index is 9.92. The number of aliphatic hydroxyl groups is 1. The van der Waals surface area contributed by atoms with Crippen molar-refractivity contribution < 1.29 is 5.11 Å². The molecule has 78 valence electrons. The van der Waals surface area contributed by atoms with Crippen LogP contribution in [0.5, 0.6) is 0 Å². The number of hydrogen-bond donors (Lipinski definition) is 1. The van der Waals surface area contributed by atoms with Gasteiger partial charge in [0.1, 0.15) is 11.5 Å². The summed E-state index contributed by atoms with van der Waals surface area (Å²) in [6.45, 7) is 0. The van der Waals surface area contributed by atoms with Crippen molar-refractivity contribution in [1.29, 1.82) is 0 Å². The smallest absolute Gasteiger partial charge is 0.170 e. The summed E-state index contributed by atoms with van der Waals surface area (Å²) in [6.07, 6.45) is 5.57. The molecule has 0 amide bonds. The van der Waals surface area contributed by atoms with E-state index in [0.29, 0.717) is 5.76 Å². The molecule has 0 aromatic heterocycles. The number of benzene rings is 1. The van der Waals surface area contributed by atoms with Crippen molar-refractivity contribution in [3.63, 3.8) is 0 Å². The van der Waals surface area contributed by atoms with Crippen LogP contribution in [0.25, 0.3) is 5.76 Å². The van der Waals surface area contributed by atoms with Crippen LogP contribution in [0.1, 0.15) is 12.0 Å². The van der Waals surface area contributed by atoms with Gasteiger partial charge in [0, 0.05) is 22.9 Å². The summed E-state index contributed by atoms with van der Waals surface area (Å²) in [5, 5.41) is 11.9. The van der Waals surface area contributed by atoms with Gasteiger partial charge in [-0.1, -0.05) is 36.4 Å². The van der Waals surface area contributed by atoms with E-state index in [1.54, 1.807) is 0 Å². The Balaban J connectivity index is 2.10. The van der Waals surface area contributed by atoms with Crippen LogP contribution >= 0.6 is 0 Å². The second-order valence-electron chi connectivity index (χ2n) is 3.54. The van der Waals surface area contributed by atoms with Gasteiger partial charge in [-0.3, -0.25) is 0 Å². The van der Waals surface area contributed by atoms with Crippen molar-refractivity contribution >= 4 is 16.7 Å². The Hall–Kier alpha value is -1.15. The zero-order valence-electron chi connectivity index (χ0n) is 8.60. The molecule has 2 rings (SSSR count). The predicted molar refractivity (Wildman–Crippen MR) is 67.9 cm³/mol. The fourth-order valence-corrected chi connectivity index (χ4v) is 3.21. The maximum atomic E-state index is 9.92. The molecule has 0 saturated carbocycles. The first-order valence-electron chi connectivity index (χ1n) is 5.14. The summed E-state index contributed by atoms with van der Waals surface area (Å²) in [5.41, 5.74) is 0.916. The monoisotopic (exact) mass is 219 g/mol. The van der Waals surface area contributed by atoms with Gasteiger partial charge in [-0.05, 0) is 6.08 Å². The molecule has 1 aliphatic heterocycles. The topological polar surface area (TPSA) is 20.2 Å². The first-order valence-corrected chi connectivity index (χ1v) is 6.76. The molecule has 0 fully saturated rings. The number of rotatable bonds is 2. The quantitative estimate of drug-likeness (QED) is 0.460. The highest BCUT2D eigenvalue weighted by atomic mass is 32.2. The Morgan fingerprint density at radius 2 is 2.00 bits per heavy atom. The van der Waals surface area contributed by atoms with Crippen LogP contribution in [-0.4, -0.2) is 16.6 Å². The van der Waals surface area contributed by atoms with Gasteiger partial charge >= 0.3 is 0 Å². The third-order valence-electron chi connectivity index (χ3n) is 2.37. The molecule has 1 atom stereocenters. The van der Waals surface area contributed by atoms with E-state index >= 15 is 0 Å². The average molecular weight is 219 g/mol. The van der Waals surface area contributed by atoms with Crippen LogP contribution in [0.4, 0.5) is 0 Å². The molecule has 1 aromatic rings. The summed E-state index contributed by atoms with van der Waals surface area (Å²) in [6, 6.07) is 9.74. The highest BCUT2D eigenvalue weighted by Crippen LogP contribution is 2.16. The van der Waals surface area contributed by atoms with E-state index in [9.17, 15) is 5.11 Å². The molecular weight excluding hydrogens is 204 g/mol. The van der Waals surface area contributed by atoms with Gasteiger partial charge in [0.2, 0.25) is 0 Å². The minimum Gasteiger partial charge on any atom is -0.503 e. The summed E-state index contributed by atoms with van der Waals surface area (Å²) >= 11 is 0. The van der Waals surface area contributed by atoms with Crippen LogP contribution in [0.3, 0.4) is 0 Å². The van der Waals surface area contributed by atoms with Gasteiger partial charge in [-0.15, -0.1) is 0 Å². The first-order chi connectivity index (χ1) is 7.36. The second kappa shape index (κ2) is 5.08. The lowest BCUT2D eigenvalue weighted by molar-refractivity contribution is 0.513. The molecule has 0 radical (unpaired) electrons. The Morgan fingerprint density at radius 3 is 2.67 bits per heavy atom. The SMILES string of the molecule is O/C(=C\[S+]1CC=CCC1)c1ccccc1. The molecule has 1 aromatic carbocycles. The summed E-state index contributed by atoms with van der Waals surface area (Å²) in [5.74, 6) is 2.68. The van der Waals surface area contributed by atoms with E-state index in [2.05, 4.69) is 12.2 Å². The zero-order valence-corrected chi connectivity index (χ0v) is 9.41. The van der Waals surface area contributed by atoms with Gasteiger partial charge in [-0.25, -0.2) is 0 Å². The molecule has 1 unspecified atom stereocenters. The minimum atomic E-state index is 0.226. The molecule has 1 N–H and O–H groups in total. The third-order valence-corrected chi connectivity index (χ3v) is 4.31. The van der Waals surface area contributed by atoms with Crippen LogP contribution in [0, 0.1) is 0 Å². The van der Waals surface area contributed by atoms with Gasteiger partial charge < -0.3 is 5.11 Å². The zero-order chi connectivity index (χ0) is 10.5. The molecule has 2 heteroatoms. The summed E-state index contributed by atoms with van der Waals surface area (Å²) in [7, 11) is 0.226. The van der Waals surface area contributed by atoms with Crippen LogP contribution < -0.4 is 0 Å². The van der Waals surface area contributed by atoms with Crippen molar-refractivity contribution in [2.24, 2.45) is 0 Å². The van der Waals surface area contributed by atoms with E-state index < -0.39 is 0 Å². The lowest BCUT2D eigenvalue weighted by Gasteiger charge is -2.05. The Labute approximate surface area is 93.5 Å². The van der Waals surface area contributed by atoms with Gasteiger partial charge in [0.05, 0.1) is 0 Å². The molecule has 1 heterocycles. The molecule has 1 nitrogen and oxygen atoms in total. The van der Waals surface area contributed by atoms with Crippen molar-refractivity contribution in [1.82, 2.24) is 0 Å². The lowest BCUT2D eigenvalue weighted by Crippen LogP contribution is -2.11. The van der Waals surface area contributed by atoms with Crippen molar-refractivity contribution in [2.75, 3.05) is 11.5 Å².